The van der Waals surface area contributed by atoms with Crippen LogP contribution >= 0.6 is 0 Å². The van der Waals surface area contributed by atoms with Crippen LogP contribution < -0.4 is 0 Å². The molecule has 5 nitrogen and oxygen atoms in total. The van der Waals surface area contributed by atoms with Crippen molar-refractivity contribution in [1.82, 2.24) is 14.7 Å². The van der Waals surface area contributed by atoms with Gasteiger partial charge in [0.2, 0.25) is 0 Å². The third-order valence-corrected chi connectivity index (χ3v) is 2.82. The van der Waals surface area contributed by atoms with Gasteiger partial charge in [-0.2, -0.15) is 0 Å². The zero-order chi connectivity index (χ0) is 11.3. The van der Waals surface area contributed by atoms with Crippen molar-refractivity contribution >= 4 is 5.97 Å². The molecule has 0 spiro atoms. The number of nitrogens with zero attached hydrogens (tertiary/aromatic N) is 3. The fourth-order valence-corrected chi connectivity index (χ4v) is 1.65. The van der Waals surface area contributed by atoms with Gasteiger partial charge in [0.05, 0.1) is 6.54 Å². The SMILES string of the molecule is CN1CCN(C)CCN(CC(=O)O)CC1. The Balaban J connectivity index is 2.45. The molecule has 1 N–H and O–H groups in total. The second-order valence-corrected chi connectivity index (χ2v) is 4.28. The first kappa shape index (κ1) is 12.4. The van der Waals surface area contributed by atoms with Crippen LogP contribution in [0.25, 0.3) is 0 Å². The number of aliphatic carboxylic acids is 1. The van der Waals surface area contributed by atoms with Crippen LogP contribution in [0.4, 0.5) is 0 Å². The number of rotatable bonds is 2. The largest absolute Gasteiger partial charge is 0.480 e. The standard InChI is InChI=1S/C10H21N3O2/c1-11-3-4-12(2)6-8-13(7-5-11)9-10(14)15/h3-9H2,1-2H3,(H,14,15). The van der Waals surface area contributed by atoms with Gasteiger partial charge in [0.25, 0.3) is 0 Å². The molecule has 1 rings (SSSR count). The van der Waals surface area contributed by atoms with E-state index in [1.165, 1.54) is 0 Å². The Kier molecular flexibility index (Phi) is 5.01. The third kappa shape index (κ3) is 5.11. The van der Waals surface area contributed by atoms with Crippen LogP contribution in [-0.4, -0.2) is 85.7 Å². The lowest BCUT2D eigenvalue weighted by Gasteiger charge is -2.21. The van der Waals surface area contributed by atoms with Crippen LogP contribution in [0.1, 0.15) is 0 Å². The molecule has 0 unspecified atom stereocenters. The van der Waals surface area contributed by atoms with E-state index < -0.39 is 5.97 Å². The molecule has 0 atom stereocenters. The first-order valence-corrected chi connectivity index (χ1v) is 5.39. The predicted molar refractivity (Wildman–Crippen MR) is 59.1 cm³/mol. The monoisotopic (exact) mass is 215 g/mol. The van der Waals surface area contributed by atoms with Crippen LogP contribution in [0.2, 0.25) is 0 Å². The molecule has 1 aliphatic heterocycles. The highest BCUT2D eigenvalue weighted by Crippen LogP contribution is 1.96. The summed E-state index contributed by atoms with van der Waals surface area (Å²) in [6, 6.07) is 0. The maximum atomic E-state index is 10.6. The lowest BCUT2D eigenvalue weighted by molar-refractivity contribution is -0.138. The second kappa shape index (κ2) is 6.05. The maximum absolute atomic E-state index is 10.6. The summed E-state index contributed by atoms with van der Waals surface area (Å²) < 4.78 is 0. The summed E-state index contributed by atoms with van der Waals surface area (Å²) in [5.74, 6) is -0.737. The van der Waals surface area contributed by atoms with Crippen molar-refractivity contribution in [3.63, 3.8) is 0 Å². The van der Waals surface area contributed by atoms with Gasteiger partial charge in [-0.15, -0.1) is 0 Å². The minimum atomic E-state index is -0.737. The molecule has 0 saturated carbocycles. The fraction of sp³-hybridized carbons (Fsp3) is 0.900. The number of carbonyl (C=O) groups is 1. The molecule has 1 aliphatic rings. The van der Waals surface area contributed by atoms with E-state index in [0.717, 1.165) is 39.3 Å². The molecular weight excluding hydrogens is 194 g/mol. The topological polar surface area (TPSA) is 47.0 Å². The van der Waals surface area contributed by atoms with E-state index in [2.05, 4.69) is 23.9 Å². The Hall–Kier alpha value is -0.650. The highest BCUT2D eigenvalue weighted by molar-refractivity contribution is 5.69. The van der Waals surface area contributed by atoms with Gasteiger partial charge in [-0.05, 0) is 14.1 Å². The maximum Gasteiger partial charge on any atom is 0.317 e. The molecule has 0 amide bonds. The van der Waals surface area contributed by atoms with E-state index in [1.807, 2.05) is 4.90 Å². The molecule has 0 aromatic rings. The van der Waals surface area contributed by atoms with Crippen LogP contribution in [0, 0.1) is 0 Å². The molecule has 1 heterocycles. The molecular formula is C10H21N3O2. The molecule has 1 saturated heterocycles. The smallest absolute Gasteiger partial charge is 0.317 e. The molecule has 0 aliphatic carbocycles. The third-order valence-electron chi connectivity index (χ3n) is 2.82. The summed E-state index contributed by atoms with van der Waals surface area (Å²) in [7, 11) is 4.16. The summed E-state index contributed by atoms with van der Waals surface area (Å²) in [6.45, 7) is 5.84. The molecule has 0 aromatic heterocycles. The van der Waals surface area contributed by atoms with Crippen molar-refractivity contribution in [2.75, 3.05) is 59.9 Å². The molecule has 0 radical (unpaired) electrons. The van der Waals surface area contributed by atoms with Crippen molar-refractivity contribution < 1.29 is 9.90 Å². The summed E-state index contributed by atoms with van der Waals surface area (Å²) in [6.07, 6.45) is 0. The minimum Gasteiger partial charge on any atom is -0.480 e. The van der Waals surface area contributed by atoms with E-state index in [0.29, 0.717) is 0 Å². The van der Waals surface area contributed by atoms with Gasteiger partial charge in [-0.3, -0.25) is 9.69 Å². The Morgan fingerprint density at radius 2 is 1.40 bits per heavy atom. The number of hydrogen-bond donors (Lipinski definition) is 1. The lowest BCUT2D eigenvalue weighted by atomic mass is 10.4. The van der Waals surface area contributed by atoms with Gasteiger partial charge in [0.1, 0.15) is 0 Å². The van der Waals surface area contributed by atoms with Gasteiger partial charge in [-0.1, -0.05) is 0 Å². The van der Waals surface area contributed by atoms with E-state index in [1.54, 1.807) is 0 Å². The number of carboxylic acid groups (broad SMARTS) is 1. The van der Waals surface area contributed by atoms with Gasteiger partial charge in [0, 0.05) is 39.3 Å². The molecule has 15 heavy (non-hydrogen) atoms. The van der Waals surface area contributed by atoms with Gasteiger partial charge in [0.15, 0.2) is 0 Å². The summed E-state index contributed by atoms with van der Waals surface area (Å²) in [5.41, 5.74) is 0. The van der Waals surface area contributed by atoms with E-state index in [-0.39, 0.29) is 6.54 Å². The number of likely N-dealkylation sites (N-methyl/N-ethyl adjacent to an activating group) is 2. The van der Waals surface area contributed by atoms with Gasteiger partial charge in [-0.25, -0.2) is 0 Å². The zero-order valence-electron chi connectivity index (χ0n) is 9.65. The Labute approximate surface area is 91.3 Å². The second-order valence-electron chi connectivity index (χ2n) is 4.28. The Morgan fingerprint density at radius 3 is 1.80 bits per heavy atom. The predicted octanol–water partition coefficient (Wildman–Crippen LogP) is -0.750. The Morgan fingerprint density at radius 1 is 1.00 bits per heavy atom. The molecule has 5 heteroatoms. The summed E-state index contributed by atoms with van der Waals surface area (Å²) in [5, 5.41) is 8.76. The molecule has 88 valence electrons. The van der Waals surface area contributed by atoms with Crippen LogP contribution in [-0.2, 0) is 4.79 Å². The quantitative estimate of drug-likeness (QED) is 0.657. The van der Waals surface area contributed by atoms with Crippen molar-refractivity contribution in [2.45, 2.75) is 0 Å². The van der Waals surface area contributed by atoms with E-state index in [4.69, 9.17) is 5.11 Å². The van der Waals surface area contributed by atoms with Crippen molar-refractivity contribution in [3.05, 3.63) is 0 Å². The molecule has 0 aromatic carbocycles. The average molecular weight is 215 g/mol. The van der Waals surface area contributed by atoms with Crippen molar-refractivity contribution in [1.29, 1.82) is 0 Å². The fourth-order valence-electron chi connectivity index (χ4n) is 1.65. The van der Waals surface area contributed by atoms with E-state index >= 15 is 0 Å². The number of hydrogen-bond acceptors (Lipinski definition) is 4. The van der Waals surface area contributed by atoms with Crippen LogP contribution in [0.5, 0.6) is 0 Å². The average Bonchev–Trinajstić information content (AvgIpc) is 2.23. The highest BCUT2D eigenvalue weighted by Gasteiger charge is 2.13. The number of carboxylic acids is 1. The zero-order valence-corrected chi connectivity index (χ0v) is 9.65. The summed E-state index contributed by atoms with van der Waals surface area (Å²) in [4.78, 5) is 17.1. The molecule has 0 bridgehead atoms. The van der Waals surface area contributed by atoms with Crippen LogP contribution in [0.3, 0.4) is 0 Å². The molecule has 1 fully saturated rings. The first-order chi connectivity index (χ1) is 7.08. The highest BCUT2D eigenvalue weighted by atomic mass is 16.4. The van der Waals surface area contributed by atoms with E-state index in [9.17, 15) is 4.79 Å². The van der Waals surface area contributed by atoms with Crippen LogP contribution in [0.15, 0.2) is 0 Å². The Bertz CT molecular complexity index is 197. The van der Waals surface area contributed by atoms with Crippen molar-refractivity contribution in [3.8, 4) is 0 Å². The first-order valence-electron chi connectivity index (χ1n) is 5.39. The van der Waals surface area contributed by atoms with Crippen molar-refractivity contribution in [2.24, 2.45) is 0 Å². The normalized spacial score (nSPS) is 23.1. The summed E-state index contributed by atoms with van der Waals surface area (Å²) >= 11 is 0. The van der Waals surface area contributed by atoms with Gasteiger partial charge >= 0.3 is 5.97 Å². The lowest BCUT2D eigenvalue weighted by Crippen LogP contribution is -2.38. The minimum absolute atomic E-state index is 0.154. The van der Waals surface area contributed by atoms with Gasteiger partial charge < -0.3 is 14.9 Å².